The second kappa shape index (κ2) is 12.3. The van der Waals surface area contributed by atoms with Crippen molar-refractivity contribution in [1.29, 1.82) is 0 Å². The predicted molar refractivity (Wildman–Crippen MR) is 116 cm³/mol. The number of alkyl carbamates (subject to hydrolysis) is 1. The molecule has 1 unspecified atom stereocenters. The van der Waals surface area contributed by atoms with Crippen LogP contribution in [-0.4, -0.2) is 44.3 Å². The number of rotatable bonds is 7. The highest BCUT2D eigenvalue weighted by atomic mass is 127. The van der Waals surface area contributed by atoms with Gasteiger partial charge in [-0.3, -0.25) is 4.99 Å². The summed E-state index contributed by atoms with van der Waals surface area (Å²) in [5, 5.41) is 11.3. The Bertz CT molecular complexity index is 515. The van der Waals surface area contributed by atoms with Crippen LogP contribution in [0.4, 0.5) is 4.79 Å². The van der Waals surface area contributed by atoms with Crippen molar-refractivity contribution in [2.24, 2.45) is 10.9 Å². The highest BCUT2D eigenvalue weighted by molar-refractivity contribution is 14.0. The first-order valence-electron chi connectivity index (χ1n) is 8.24. The second-order valence-electron chi connectivity index (χ2n) is 6.70. The third-order valence-corrected chi connectivity index (χ3v) is 3.96. The van der Waals surface area contributed by atoms with Crippen molar-refractivity contribution in [3.8, 4) is 0 Å². The maximum atomic E-state index is 11.5. The van der Waals surface area contributed by atoms with Gasteiger partial charge in [0.05, 0.1) is 0 Å². The average molecular weight is 482 g/mol. The molecule has 0 fully saturated rings. The lowest BCUT2D eigenvalue weighted by molar-refractivity contribution is 0.0529. The molecule has 144 valence electrons. The van der Waals surface area contributed by atoms with Gasteiger partial charge in [0.15, 0.2) is 5.96 Å². The zero-order valence-corrected chi connectivity index (χ0v) is 18.9. The molecular weight excluding hydrogens is 451 g/mol. The predicted octanol–water partition coefficient (Wildman–Crippen LogP) is 3.23. The molecule has 1 aromatic rings. The fourth-order valence-electron chi connectivity index (χ4n) is 2.00. The Morgan fingerprint density at radius 2 is 1.96 bits per heavy atom. The molecule has 0 saturated carbocycles. The van der Waals surface area contributed by atoms with Crippen LogP contribution in [0.3, 0.4) is 0 Å². The van der Waals surface area contributed by atoms with Gasteiger partial charge >= 0.3 is 6.09 Å². The fraction of sp³-hybridized carbons (Fsp3) is 0.647. The number of hydrogen-bond acceptors (Lipinski definition) is 4. The zero-order valence-electron chi connectivity index (χ0n) is 15.7. The Hall–Kier alpha value is -1.03. The molecule has 0 aliphatic heterocycles. The molecule has 0 radical (unpaired) electrons. The van der Waals surface area contributed by atoms with Crippen LogP contribution in [0, 0.1) is 5.92 Å². The number of ether oxygens (including phenoxy) is 1. The van der Waals surface area contributed by atoms with E-state index in [9.17, 15) is 4.79 Å². The van der Waals surface area contributed by atoms with E-state index in [1.54, 1.807) is 18.4 Å². The van der Waals surface area contributed by atoms with Gasteiger partial charge in [-0.2, -0.15) is 0 Å². The van der Waals surface area contributed by atoms with E-state index in [-0.39, 0.29) is 24.0 Å². The molecule has 8 heteroatoms. The average Bonchev–Trinajstić information content (AvgIpc) is 2.97. The topological polar surface area (TPSA) is 74.8 Å². The van der Waals surface area contributed by atoms with Gasteiger partial charge < -0.3 is 20.7 Å². The summed E-state index contributed by atoms with van der Waals surface area (Å²) in [7, 11) is 1.74. The molecule has 1 heterocycles. The minimum atomic E-state index is -0.478. The van der Waals surface area contributed by atoms with Gasteiger partial charge in [0.25, 0.3) is 0 Å². The molecule has 0 saturated heterocycles. The summed E-state index contributed by atoms with van der Waals surface area (Å²) >= 11 is 1.79. The highest BCUT2D eigenvalue weighted by Crippen LogP contribution is 2.13. The summed E-state index contributed by atoms with van der Waals surface area (Å²) in [6.45, 7) is 9.63. The standard InChI is InChI=1S/C17H30N4O2S.HI/c1-13(11-14-7-6-10-24-14)12-21-15(18-5)19-8-9-20-16(22)23-17(2,3)4;/h6-7,10,13H,8-9,11-12H2,1-5H3,(H,20,22)(H2,18,19,21);1H. The van der Waals surface area contributed by atoms with Crippen LogP contribution < -0.4 is 16.0 Å². The molecular formula is C17H31IN4O2S. The van der Waals surface area contributed by atoms with E-state index in [0.717, 1.165) is 18.9 Å². The zero-order chi connectivity index (χ0) is 18.0. The van der Waals surface area contributed by atoms with E-state index < -0.39 is 11.7 Å². The summed E-state index contributed by atoms with van der Waals surface area (Å²) < 4.78 is 5.18. The van der Waals surface area contributed by atoms with Crippen molar-refractivity contribution in [1.82, 2.24) is 16.0 Å². The smallest absolute Gasteiger partial charge is 0.407 e. The Labute approximate surface area is 172 Å². The summed E-state index contributed by atoms with van der Waals surface area (Å²) in [6, 6.07) is 4.24. The number of guanidine groups is 1. The third-order valence-electron chi connectivity index (χ3n) is 3.06. The van der Waals surface area contributed by atoms with E-state index in [0.29, 0.717) is 19.0 Å². The molecule has 3 N–H and O–H groups in total. The van der Waals surface area contributed by atoms with Gasteiger partial charge in [0.1, 0.15) is 5.60 Å². The molecule has 25 heavy (non-hydrogen) atoms. The molecule has 1 rings (SSSR count). The maximum absolute atomic E-state index is 11.5. The van der Waals surface area contributed by atoms with E-state index in [1.165, 1.54) is 4.88 Å². The molecule has 0 aliphatic rings. The highest BCUT2D eigenvalue weighted by Gasteiger charge is 2.15. The van der Waals surface area contributed by atoms with Crippen molar-refractivity contribution in [2.45, 2.75) is 39.7 Å². The lowest BCUT2D eigenvalue weighted by Crippen LogP contribution is -2.43. The lowest BCUT2D eigenvalue weighted by Gasteiger charge is -2.20. The van der Waals surface area contributed by atoms with Gasteiger partial charge in [-0.05, 0) is 44.6 Å². The Kier molecular flexibility index (Phi) is 11.8. The summed E-state index contributed by atoms with van der Waals surface area (Å²) in [6.07, 6.45) is 0.652. The van der Waals surface area contributed by atoms with Gasteiger partial charge in [-0.15, -0.1) is 35.3 Å². The quantitative estimate of drug-likeness (QED) is 0.242. The van der Waals surface area contributed by atoms with Crippen LogP contribution in [0.5, 0.6) is 0 Å². The number of hydrogen-bond donors (Lipinski definition) is 3. The number of carbonyl (C=O) groups is 1. The first-order chi connectivity index (χ1) is 11.3. The van der Waals surface area contributed by atoms with Crippen molar-refractivity contribution in [3.63, 3.8) is 0 Å². The summed E-state index contributed by atoms with van der Waals surface area (Å²) in [5.74, 6) is 1.25. The summed E-state index contributed by atoms with van der Waals surface area (Å²) in [5.41, 5.74) is -0.478. The number of amides is 1. The molecule has 0 aliphatic carbocycles. The molecule has 0 aromatic carbocycles. The van der Waals surface area contributed by atoms with E-state index in [2.05, 4.69) is 45.4 Å². The number of thiophene rings is 1. The van der Waals surface area contributed by atoms with Crippen LogP contribution in [0.1, 0.15) is 32.6 Å². The largest absolute Gasteiger partial charge is 0.444 e. The van der Waals surface area contributed by atoms with Crippen LogP contribution >= 0.6 is 35.3 Å². The minimum absolute atomic E-state index is 0. The monoisotopic (exact) mass is 482 g/mol. The molecule has 6 nitrogen and oxygen atoms in total. The van der Waals surface area contributed by atoms with E-state index in [1.807, 2.05) is 20.8 Å². The number of aliphatic imine (C=N–C) groups is 1. The molecule has 0 spiro atoms. The SMILES string of the molecule is CN=C(NCCNC(=O)OC(C)(C)C)NCC(C)Cc1cccs1.I. The molecule has 1 aromatic heterocycles. The minimum Gasteiger partial charge on any atom is -0.444 e. The van der Waals surface area contributed by atoms with Gasteiger partial charge in [0, 0.05) is 31.6 Å². The lowest BCUT2D eigenvalue weighted by atomic mass is 10.1. The Morgan fingerprint density at radius 1 is 1.28 bits per heavy atom. The number of nitrogens with one attached hydrogen (secondary N) is 3. The number of nitrogens with zero attached hydrogens (tertiary/aromatic N) is 1. The van der Waals surface area contributed by atoms with Gasteiger partial charge in [-0.1, -0.05) is 13.0 Å². The number of halogens is 1. The van der Waals surface area contributed by atoms with Crippen molar-refractivity contribution >= 4 is 47.4 Å². The van der Waals surface area contributed by atoms with Crippen LogP contribution in [0.15, 0.2) is 22.5 Å². The van der Waals surface area contributed by atoms with Crippen LogP contribution in [-0.2, 0) is 11.2 Å². The Morgan fingerprint density at radius 3 is 2.52 bits per heavy atom. The first kappa shape index (κ1) is 24.0. The van der Waals surface area contributed by atoms with Gasteiger partial charge in [-0.25, -0.2) is 4.79 Å². The van der Waals surface area contributed by atoms with E-state index in [4.69, 9.17) is 4.74 Å². The number of carbonyl (C=O) groups excluding carboxylic acids is 1. The maximum Gasteiger partial charge on any atom is 0.407 e. The fourth-order valence-corrected chi connectivity index (χ4v) is 2.87. The third kappa shape index (κ3) is 12.0. The first-order valence-corrected chi connectivity index (χ1v) is 9.12. The second-order valence-corrected chi connectivity index (χ2v) is 7.73. The van der Waals surface area contributed by atoms with E-state index >= 15 is 0 Å². The van der Waals surface area contributed by atoms with Crippen LogP contribution in [0.25, 0.3) is 0 Å². The molecule has 1 atom stereocenters. The van der Waals surface area contributed by atoms with Crippen molar-refractivity contribution in [3.05, 3.63) is 22.4 Å². The normalized spacial score (nSPS) is 12.8. The molecule has 0 bridgehead atoms. The van der Waals surface area contributed by atoms with Crippen LogP contribution in [0.2, 0.25) is 0 Å². The summed E-state index contributed by atoms with van der Waals surface area (Å²) in [4.78, 5) is 17.1. The molecule has 1 amide bonds. The van der Waals surface area contributed by atoms with Crippen molar-refractivity contribution < 1.29 is 9.53 Å². The Balaban J connectivity index is 0.00000576. The van der Waals surface area contributed by atoms with Gasteiger partial charge in [0.2, 0.25) is 0 Å². The van der Waals surface area contributed by atoms with Crippen molar-refractivity contribution in [2.75, 3.05) is 26.7 Å².